The second-order valence-electron chi connectivity index (χ2n) is 6.82. The molecule has 0 aromatic heterocycles. The van der Waals surface area contributed by atoms with Crippen LogP contribution in [0.5, 0.6) is 0 Å². The second-order valence-corrected chi connectivity index (χ2v) is 9.09. The lowest BCUT2D eigenvalue weighted by Gasteiger charge is -2.43. The molecule has 3 aliphatic rings. The average Bonchev–Trinajstić information content (AvgIpc) is 3.13. The molecule has 1 amide bonds. The fourth-order valence-electron chi connectivity index (χ4n) is 3.95. The predicted molar refractivity (Wildman–Crippen MR) is 105 cm³/mol. The molecule has 3 heterocycles. The van der Waals surface area contributed by atoms with Crippen LogP contribution in [0.25, 0.3) is 10.8 Å². The van der Waals surface area contributed by atoms with Gasteiger partial charge in [0.25, 0.3) is 0 Å². The third-order valence-corrected chi connectivity index (χ3v) is 7.62. The van der Waals surface area contributed by atoms with Gasteiger partial charge in [-0.25, -0.2) is 4.79 Å². The van der Waals surface area contributed by atoms with Gasteiger partial charge in [0.1, 0.15) is 11.1 Å². The largest absolute Gasteiger partial charge is 0.477 e. The number of benzene rings is 2. The molecule has 0 bridgehead atoms. The van der Waals surface area contributed by atoms with Crippen molar-refractivity contribution in [1.29, 1.82) is 0 Å². The number of thioether (sulfide) groups is 1. The van der Waals surface area contributed by atoms with Crippen LogP contribution < -0.4 is 4.31 Å². The van der Waals surface area contributed by atoms with Crippen LogP contribution in [0.2, 0.25) is 0 Å². The molecule has 2 aromatic carbocycles. The fourth-order valence-corrected chi connectivity index (χ4v) is 6.77. The first-order valence-electron chi connectivity index (χ1n) is 8.59. The van der Waals surface area contributed by atoms with Gasteiger partial charge in [0.15, 0.2) is 0 Å². The Morgan fingerprint density at radius 2 is 2.00 bits per heavy atom. The van der Waals surface area contributed by atoms with Crippen LogP contribution in [0, 0.1) is 5.92 Å². The quantitative estimate of drug-likeness (QED) is 0.603. The zero-order valence-corrected chi connectivity index (χ0v) is 16.0. The number of β-lactam (4-membered cyclic amide) rings is 1. The van der Waals surface area contributed by atoms with Gasteiger partial charge >= 0.3 is 5.97 Å². The molecule has 0 saturated carbocycles. The number of aliphatic carboxylic acids is 1. The molecule has 3 unspecified atom stereocenters. The summed E-state index contributed by atoms with van der Waals surface area (Å²) in [5.74, 6) is -1.96. The fraction of sp³-hybridized carbons (Fsp3) is 0.263. The molecule has 8 heteroatoms. The number of aliphatic hydroxyl groups is 1. The summed E-state index contributed by atoms with van der Waals surface area (Å²) in [5, 5.41) is 21.6. The first kappa shape index (κ1) is 17.0. The highest BCUT2D eigenvalue weighted by Crippen LogP contribution is 2.53. The van der Waals surface area contributed by atoms with Crippen molar-refractivity contribution in [2.45, 2.75) is 23.3 Å². The predicted octanol–water partition coefficient (Wildman–Crippen LogP) is 2.88. The summed E-state index contributed by atoms with van der Waals surface area (Å²) in [4.78, 5) is 27.3. The molecule has 0 radical (unpaired) electrons. The van der Waals surface area contributed by atoms with Crippen LogP contribution in [0.4, 0.5) is 5.69 Å². The second kappa shape index (κ2) is 5.92. The van der Waals surface area contributed by atoms with E-state index in [9.17, 15) is 19.8 Å². The zero-order valence-electron chi connectivity index (χ0n) is 14.3. The molecular weight excluding hydrogens is 384 g/mol. The number of amides is 1. The van der Waals surface area contributed by atoms with Gasteiger partial charge in [-0.1, -0.05) is 36.0 Å². The lowest BCUT2D eigenvalue weighted by molar-refractivity contribution is -0.156. The van der Waals surface area contributed by atoms with Crippen molar-refractivity contribution in [2.75, 3.05) is 10.8 Å². The molecule has 27 heavy (non-hydrogen) atoms. The summed E-state index contributed by atoms with van der Waals surface area (Å²) >= 11 is 2.97. The Morgan fingerprint density at radius 1 is 1.26 bits per heavy atom. The minimum Gasteiger partial charge on any atom is -0.477 e. The number of hydrogen-bond donors (Lipinski definition) is 2. The van der Waals surface area contributed by atoms with Gasteiger partial charge in [0, 0.05) is 15.2 Å². The number of carboxylic acid groups (broad SMARTS) is 1. The highest BCUT2D eigenvalue weighted by Gasteiger charge is 2.57. The molecule has 6 nitrogen and oxygen atoms in total. The van der Waals surface area contributed by atoms with E-state index in [1.165, 1.54) is 22.0 Å². The van der Waals surface area contributed by atoms with E-state index < -0.39 is 18.0 Å². The maximum absolute atomic E-state index is 12.4. The SMILES string of the molecule is CC(O)C1C(=O)N2C(C(=O)O)=C(CN3Sc4cccc5cccc3c45)SC12. The monoisotopic (exact) mass is 400 g/mol. The van der Waals surface area contributed by atoms with Gasteiger partial charge in [0.2, 0.25) is 5.91 Å². The van der Waals surface area contributed by atoms with E-state index in [2.05, 4.69) is 22.5 Å². The number of hydrogen-bond acceptors (Lipinski definition) is 6. The molecule has 1 fully saturated rings. The van der Waals surface area contributed by atoms with E-state index >= 15 is 0 Å². The van der Waals surface area contributed by atoms with E-state index in [-0.39, 0.29) is 17.0 Å². The molecule has 5 rings (SSSR count). The summed E-state index contributed by atoms with van der Waals surface area (Å²) in [5.41, 5.74) is 1.11. The number of nitrogens with zero attached hydrogens (tertiary/aromatic N) is 2. The Bertz CT molecular complexity index is 1030. The van der Waals surface area contributed by atoms with Gasteiger partial charge in [-0.3, -0.25) is 9.69 Å². The number of fused-ring (bicyclic) bond motifs is 1. The number of rotatable bonds is 4. The smallest absolute Gasteiger partial charge is 0.353 e. The number of aliphatic hydroxyl groups excluding tert-OH is 1. The van der Waals surface area contributed by atoms with Gasteiger partial charge in [-0.15, -0.1) is 0 Å². The van der Waals surface area contributed by atoms with Crippen molar-refractivity contribution >= 4 is 52.0 Å². The third-order valence-electron chi connectivity index (χ3n) is 5.18. The highest BCUT2D eigenvalue weighted by molar-refractivity contribution is 8.04. The van der Waals surface area contributed by atoms with E-state index in [4.69, 9.17) is 0 Å². The molecule has 0 aliphatic carbocycles. The van der Waals surface area contributed by atoms with Crippen molar-refractivity contribution in [3.8, 4) is 0 Å². The topological polar surface area (TPSA) is 81.1 Å². The van der Waals surface area contributed by atoms with Gasteiger partial charge in [-0.2, -0.15) is 0 Å². The van der Waals surface area contributed by atoms with Crippen molar-refractivity contribution in [1.82, 2.24) is 4.90 Å². The Labute approximate surface area is 164 Å². The minimum atomic E-state index is -1.10. The third kappa shape index (κ3) is 2.33. The molecule has 138 valence electrons. The van der Waals surface area contributed by atoms with E-state index in [1.807, 2.05) is 18.2 Å². The number of carboxylic acids is 1. The maximum atomic E-state index is 12.4. The molecule has 3 atom stereocenters. The van der Waals surface area contributed by atoms with Crippen molar-refractivity contribution < 1.29 is 19.8 Å². The van der Waals surface area contributed by atoms with E-state index in [0.717, 1.165) is 16.0 Å². The lowest BCUT2D eigenvalue weighted by Crippen LogP contribution is -2.60. The maximum Gasteiger partial charge on any atom is 0.353 e. The molecule has 1 saturated heterocycles. The van der Waals surface area contributed by atoms with Crippen LogP contribution in [0.3, 0.4) is 0 Å². The summed E-state index contributed by atoms with van der Waals surface area (Å²) in [6.45, 7) is 1.98. The Kier molecular flexibility index (Phi) is 3.72. The van der Waals surface area contributed by atoms with Crippen molar-refractivity contribution in [2.24, 2.45) is 5.92 Å². The normalized spacial score (nSPS) is 24.4. The van der Waals surface area contributed by atoms with Gasteiger partial charge < -0.3 is 14.5 Å². The molecule has 0 spiro atoms. The Balaban J connectivity index is 1.49. The Morgan fingerprint density at radius 3 is 2.70 bits per heavy atom. The van der Waals surface area contributed by atoms with Gasteiger partial charge in [-0.05, 0) is 36.4 Å². The molecular formula is C19H16N2O4S2. The number of carbonyl (C=O) groups is 2. The lowest BCUT2D eigenvalue weighted by atomic mass is 9.92. The molecule has 2 aromatic rings. The first-order chi connectivity index (χ1) is 13.0. The summed E-state index contributed by atoms with van der Waals surface area (Å²) in [7, 11) is 0. The van der Waals surface area contributed by atoms with E-state index in [0.29, 0.717) is 11.4 Å². The summed E-state index contributed by atoms with van der Waals surface area (Å²) in [6.07, 6.45) is -0.792. The highest BCUT2D eigenvalue weighted by atomic mass is 32.2. The first-order valence-corrected chi connectivity index (χ1v) is 10.2. The summed E-state index contributed by atoms with van der Waals surface area (Å²) in [6, 6.07) is 12.2. The average molecular weight is 400 g/mol. The Hall–Kier alpha value is -2.16. The van der Waals surface area contributed by atoms with Crippen LogP contribution in [-0.4, -0.2) is 45.0 Å². The van der Waals surface area contributed by atoms with Crippen LogP contribution >= 0.6 is 23.7 Å². The summed E-state index contributed by atoms with van der Waals surface area (Å²) < 4.78 is 2.08. The van der Waals surface area contributed by atoms with Crippen LogP contribution in [-0.2, 0) is 9.59 Å². The minimum absolute atomic E-state index is 0.0515. The van der Waals surface area contributed by atoms with Gasteiger partial charge in [0.05, 0.1) is 24.3 Å². The van der Waals surface area contributed by atoms with Crippen LogP contribution in [0.1, 0.15) is 6.92 Å². The number of carbonyl (C=O) groups excluding carboxylic acids is 1. The van der Waals surface area contributed by atoms with Crippen molar-refractivity contribution in [3.05, 3.63) is 47.0 Å². The zero-order chi connectivity index (χ0) is 18.9. The number of anilines is 1. The van der Waals surface area contributed by atoms with Crippen molar-refractivity contribution in [3.63, 3.8) is 0 Å². The molecule has 3 aliphatic heterocycles. The molecule has 2 N–H and O–H groups in total. The standard InChI is InChI=1S/C19H16N2O4S2/c1-9(22)14-17(23)21-16(19(24)25)13(26-18(14)21)8-20-11-6-2-4-10-5-3-7-12(27-20)15(10)11/h2-7,9,14,18,22H,8H2,1H3,(H,24,25). The van der Waals surface area contributed by atoms with Crippen LogP contribution in [0.15, 0.2) is 51.9 Å². The van der Waals surface area contributed by atoms with E-state index in [1.54, 1.807) is 18.9 Å².